The third kappa shape index (κ3) is 6.37. The Morgan fingerprint density at radius 2 is 1.78 bits per heavy atom. The monoisotopic (exact) mass is 380 g/mol. The maximum atomic E-state index is 12.0. The summed E-state index contributed by atoms with van der Waals surface area (Å²) >= 11 is 0. The van der Waals surface area contributed by atoms with Crippen LogP contribution >= 0.6 is 0 Å². The summed E-state index contributed by atoms with van der Waals surface area (Å²) in [4.78, 5) is 16.1. The summed E-state index contributed by atoms with van der Waals surface area (Å²) in [5.74, 6) is 1.57. The number of methoxy groups -OCH3 is 2. The summed E-state index contributed by atoms with van der Waals surface area (Å²) in [5, 5.41) is 10.2. The summed E-state index contributed by atoms with van der Waals surface area (Å²) in [6.07, 6.45) is -0.558. The van der Waals surface area contributed by atoms with Crippen molar-refractivity contribution in [2.45, 2.75) is 26.6 Å². The number of ether oxygens (including phenoxy) is 3. The van der Waals surface area contributed by atoms with E-state index in [4.69, 9.17) is 14.2 Å². The zero-order valence-corrected chi connectivity index (χ0v) is 16.8. The summed E-state index contributed by atoms with van der Waals surface area (Å²) in [6.45, 7) is 8.06. The number of hydrogen-bond acceptors (Lipinski definition) is 6. The largest absolute Gasteiger partial charge is 0.493 e. The molecule has 1 aliphatic heterocycles. The summed E-state index contributed by atoms with van der Waals surface area (Å²) in [6, 6.07) is 5.63. The molecule has 1 heterocycles. The molecule has 1 amide bonds. The van der Waals surface area contributed by atoms with Crippen LogP contribution in [0, 0.1) is 5.92 Å². The molecule has 7 heteroatoms. The van der Waals surface area contributed by atoms with Crippen molar-refractivity contribution in [1.82, 2.24) is 9.80 Å². The van der Waals surface area contributed by atoms with Crippen LogP contribution in [0.25, 0.3) is 0 Å². The van der Waals surface area contributed by atoms with E-state index in [1.807, 2.05) is 36.9 Å². The molecule has 0 aliphatic carbocycles. The molecule has 1 fully saturated rings. The fourth-order valence-corrected chi connectivity index (χ4v) is 3.15. The van der Waals surface area contributed by atoms with E-state index in [1.54, 1.807) is 14.2 Å². The summed E-state index contributed by atoms with van der Waals surface area (Å²) < 4.78 is 16.1. The van der Waals surface area contributed by atoms with Crippen LogP contribution < -0.4 is 9.47 Å². The predicted octanol–water partition coefficient (Wildman–Crippen LogP) is 1.38. The number of piperazine rings is 1. The molecule has 7 nitrogen and oxygen atoms in total. The normalized spacial score (nSPS) is 16.4. The Morgan fingerprint density at radius 1 is 1.11 bits per heavy atom. The minimum absolute atomic E-state index is 0.0344. The molecule has 0 aromatic heterocycles. The topological polar surface area (TPSA) is 71.5 Å². The van der Waals surface area contributed by atoms with Crippen molar-refractivity contribution < 1.29 is 24.1 Å². The molecule has 2 rings (SSSR count). The van der Waals surface area contributed by atoms with Crippen LogP contribution in [0.5, 0.6) is 11.5 Å². The molecule has 1 aliphatic rings. The second-order valence-corrected chi connectivity index (χ2v) is 7.14. The number of amides is 1. The molecule has 1 N–H and O–H groups in total. The van der Waals surface area contributed by atoms with E-state index in [9.17, 15) is 9.90 Å². The number of carbonyl (C=O) groups excluding carboxylic acids is 1. The van der Waals surface area contributed by atoms with Crippen molar-refractivity contribution in [3.8, 4) is 11.5 Å². The molecular formula is C20H32N2O5. The molecule has 1 saturated heterocycles. The second-order valence-electron chi connectivity index (χ2n) is 7.14. The molecule has 152 valence electrons. The Bertz CT molecular complexity index is 600. The van der Waals surface area contributed by atoms with E-state index < -0.39 is 6.10 Å². The summed E-state index contributed by atoms with van der Waals surface area (Å²) in [5.41, 5.74) is 0.959. The maximum absolute atomic E-state index is 12.0. The lowest BCUT2D eigenvalue weighted by molar-refractivity contribution is -0.136. The van der Waals surface area contributed by atoms with Crippen LogP contribution in [0.2, 0.25) is 0 Å². The first-order valence-corrected chi connectivity index (χ1v) is 9.42. The molecule has 0 unspecified atom stereocenters. The first-order chi connectivity index (χ1) is 12.9. The van der Waals surface area contributed by atoms with Gasteiger partial charge < -0.3 is 24.2 Å². The lowest BCUT2D eigenvalue weighted by Crippen LogP contribution is -2.51. The van der Waals surface area contributed by atoms with Crippen LogP contribution in [0.15, 0.2) is 18.2 Å². The lowest BCUT2D eigenvalue weighted by atomic mass is 10.1. The quantitative estimate of drug-likeness (QED) is 0.698. The van der Waals surface area contributed by atoms with Crippen LogP contribution in [0.3, 0.4) is 0 Å². The molecule has 1 atom stereocenters. The number of nitrogens with zero attached hydrogens (tertiary/aromatic N) is 2. The number of aliphatic hydroxyl groups excluding tert-OH is 1. The molecule has 27 heavy (non-hydrogen) atoms. The average molecular weight is 380 g/mol. The van der Waals surface area contributed by atoms with E-state index in [1.165, 1.54) is 0 Å². The van der Waals surface area contributed by atoms with Gasteiger partial charge in [-0.1, -0.05) is 19.9 Å². The first kappa shape index (κ1) is 21.5. The Balaban J connectivity index is 1.70. The zero-order valence-electron chi connectivity index (χ0n) is 16.8. The first-order valence-electron chi connectivity index (χ1n) is 9.42. The Kier molecular flexibility index (Phi) is 8.34. The highest BCUT2D eigenvalue weighted by molar-refractivity contribution is 5.78. The smallest absolute Gasteiger partial charge is 0.225 e. The van der Waals surface area contributed by atoms with Gasteiger partial charge in [0.15, 0.2) is 11.5 Å². The van der Waals surface area contributed by atoms with Gasteiger partial charge in [0.25, 0.3) is 0 Å². The van der Waals surface area contributed by atoms with Gasteiger partial charge in [0.1, 0.15) is 0 Å². The van der Waals surface area contributed by atoms with Crippen molar-refractivity contribution in [1.29, 1.82) is 0 Å². The Hall–Kier alpha value is -1.83. The molecule has 1 aromatic rings. The van der Waals surface area contributed by atoms with Gasteiger partial charge in [-0.15, -0.1) is 0 Å². The number of benzene rings is 1. The van der Waals surface area contributed by atoms with E-state index in [0.29, 0.717) is 24.7 Å². The van der Waals surface area contributed by atoms with Gasteiger partial charge in [0.05, 0.1) is 33.5 Å². The van der Waals surface area contributed by atoms with Gasteiger partial charge in [0.2, 0.25) is 5.91 Å². The van der Waals surface area contributed by atoms with Crippen LogP contribution in [0.4, 0.5) is 0 Å². The highest BCUT2D eigenvalue weighted by atomic mass is 16.5. The fourth-order valence-electron chi connectivity index (χ4n) is 3.15. The van der Waals surface area contributed by atoms with Crippen LogP contribution in [0.1, 0.15) is 19.4 Å². The number of β-amino-alcohol motifs (C(OH)–C–C–N with tert-alkyl or cyclic N) is 1. The zero-order chi connectivity index (χ0) is 19.8. The van der Waals surface area contributed by atoms with Crippen molar-refractivity contribution >= 4 is 5.91 Å². The molecule has 0 spiro atoms. The third-order valence-electron chi connectivity index (χ3n) is 4.67. The van der Waals surface area contributed by atoms with E-state index in [-0.39, 0.29) is 18.4 Å². The second kappa shape index (κ2) is 10.5. The van der Waals surface area contributed by atoms with E-state index in [2.05, 4.69) is 4.90 Å². The molecule has 1 aromatic carbocycles. The summed E-state index contributed by atoms with van der Waals surface area (Å²) in [7, 11) is 3.20. The van der Waals surface area contributed by atoms with E-state index in [0.717, 1.165) is 31.7 Å². The number of hydrogen-bond donors (Lipinski definition) is 1. The average Bonchev–Trinajstić information content (AvgIpc) is 2.67. The highest BCUT2D eigenvalue weighted by Gasteiger charge is 2.23. The van der Waals surface area contributed by atoms with Gasteiger partial charge in [-0.05, 0) is 17.7 Å². The van der Waals surface area contributed by atoms with Crippen molar-refractivity contribution in [3.05, 3.63) is 23.8 Å². The lowest BCUT2D eigenvalue weighted by Gasteiger charge is -2.36. The molecule has 0 bridgehead atoms. The van der Waals surface area contributed by atoms with Crippen molar-refractivity contribution in [2.75, 3.05) is 53.6 Å². The van der Waals surface area contributed by atoms with Crippen LogP contribution in [-0.2, 0) is 16.1 Å². The van der Waals surface area contributed by atoms with Crippen LogP contribution in [-0.4, -0.2) is 80.5 Å². The highest BCUT2D eigenvalue weighted by Crippen LogP contribution is 2.27. The minimum Gasteiger partial charge on any atom is -0.493 e. The molecular weight excluding hydrogens is 348 g/mol. The number of rotatable bonds is 9. The number of carbonyl (C=O) groups is 1. The third-order valence-corrected chi connectivity index (χ3v) is 4.67. The van der Waals surface area contributed by atoms with Crippen molar-refractivity contribution in [3.63, 3.8) is 0 Å². The van der Waals surface area contributed by atoms with Gasteiger partial charge in [-0.2, -0.15) is 0 Å². The molecule has 0 radical (unpaired) electrons. The number of aliphatic hydroxyl groups is 1. The minimum atomic E-state index is -0.558. The maximum Gasteiger partial charge on any atom is 0.225 e. The standard InChI is InChI=1S/C20H32N2O5/c1-15(2)20(24)22-9-7-21(8-10-22)12-17(23)14-27-13-16-5-6-18(25-3)19(11-16)26-4/h5-6,11,15,17,23H,7-10,12-14H2,1-4H3/t17-/m1/s1. The molecule has 0 saturated carbocycles. The fraction of sp³-hybridized carbons (Fsp3) is 0.650. The Morgan fingerprint density at radius 3 is 2.37 bits per heavy atom. The van der Waals surface area contributed by atoms with Gasteiger partial charge in [-0.25, -0.2) is 0 Å². The van der Waals surface area contributed by atoms with Gasteiger partial charge in [-0.3, -0.25) is 9.69 Å². The predicted molar refractivity (Wildman–Crippen MR) is 103 cm³/mol. The van der Waals surface area contributed by atoms with Gasteiger partial charge in [0, 0.05) is 38.6 Å². The SMILES string of the molecule is COc1ccc(COC[C@H](O)CN2CCN(C(=O)C(C)C)CC2)cc1OC. The van der Waals surface area contributed by atoms with E-state index >= 15 is 0 Å². The van der Waals surface area contributed by atoms with Gasteiger partial charge >= 0.3 is 0 Å². The van der Waals surface area contributed by atoms with Crippen molar-refractivity contribution in [2.24, 2.45) is 5.92 Å². The Labute approximate surface area is 161 Å².